The van der Waals surface area contributed by atoms with E-state index < -0.39 is 8.32 Å². The Balaban J connectivity index is 1.84. The second-order valence-corrected chi connectivity index (χ2v) is 12.4. The third kappa shape index (κ3) is 6.44. The van der Waals surface area contributed by atoms with Crippen LogP contribution >= 0.6 is 0 Å². The normalized spacial score (nSPS) is 12.7. The summed E-state index contributed by atoms with van der Waals surface area (Å²) in [6, 6.07) is 22.2. The smallest absolute Gasteiger partial charge is 0.191 e. The summed E-state index contributed by atoms with van der Waals surface area (Å²) in [7, 11) is -1.56. The second-order valence-electron chi connectivity index (χ2n) is 7.64. The molecule has 2 aromatic carbocycles. The molecule has 0 aromatic heterocycles. The van der Waals surface area contributed by atoms with Gasteiger partial charge in [-0.05, 0) is 40.7 Å². The van der Waals surface area contributed by atoms with Gasteiger partial charge in [0.05, 0.1) is 0 Å². The van der Waals surface area contributed by atoms with Crippen LogP contribution in [0, 0.1) is 5.92 Å². The van der Waals surface area contributed by atoms with E-state index in [9.17, 15) is 4.79 Å². The zero-order chi connectivity index (χ0) is 19.7. The largest absolute Gasteiger partial charge is 0.417 e. The third-order valence-corrected chi connectivity index (χ3v) is 10.3. The first-order valence-corrected chi connectivity index (χ1v) is 12.8. The lowest BCUT2D eigenvalue weighted by Crippen LogP contribution is -2.37. The van der Waals surface area contributed by atoms with Crippen molar-refractivity contribution in [3.63, 3.8) is 0 Å². The Bertz CT molecular complexity index is 682. The first-order chi connectivity index (χ1) is 13.0. The summed E-state index contributed by atoms with van der Waals surface area (Å²) >= 11 is 0. The molecule has 0 amide bonds. The highest BCUT2D eigenvalue weighted by Crippen LogP contribution is 2.23. The number of carbonyl (C=O) groups is 1. The van der Waals surface area contributed by atoms with Gasteiger partial charge in [0.2, 0.25) is 0 Å². The van der Waals surface area contributed by atoms with Crippen molar-refractivity contribution in [1.29, 1.82) is 0 Å². The SMILES string of the molecule is CC[Si](CC)(CC)OC[C@H](C)CC(=O)Cc1ccc(-c2ccccc2)cc1. The number of hydrogen-bond donors (Lipinski definition) is 0. The number of rotatable bonds is 11. The molecule has 3 heteroatoms. The van der Waals surface area contributed by atoms with Crippen molar-refractivity contribution < 1.29 is 9.22 Å². The first kappa shape index (κ1) is 21.6. The van der Waals surface area contributed by atoms with E-state index in [4.69, 9.17) is 4.43 Å². The zero-order valence-electron chi connectivity index (χ0n) is 17.3. The molecule has 2 rings (SSSR count). The van der Waals surface area contributed by atoms with Gasteiger partial charge in [-0.1, -0.05) is 82.3 Å². The van der Waals surface area contributed by atoms with Crippen LogP contribution in [-0.2, 0) is 15.6 Å². The molecule has 0 fully saturated rings. The minimum atomic E-state index is -1.56. The van der Waals surface area contributed by atoms with Crippen LogP contribution in [-0.4, -0.2) is 20.7 Å². The van der Waals surface area contributed by atoms with Crippen molar-refractivity contribution in [3.8, 4) is 11.1 Å². The van der Waals surface area contributed by atoms with Gasteiger partial charge in [-0.2, -0.15) is 0 Å². The first-order valence-electron chi connectivity index (χ1n) is 10.3. The van der Waals surface area contributed by atoms with Gasteiger partial charge in [-0.25, -0.2) is 0 Å². The topological polar surface area (TPSA) is 26.3 Å². The van der Waals surface area contributed by atoms with Gasteiger partial charge >= 0.3 is 0 Å². The minimum absolute atomic E-state index is 0.289. The lowest BCUT2D eigenvalue weighted by atomic mass is 9.98. The van der Waals surface area contributed by atoms with Crippen molar-refractivity contribution >= 4 is 14.1 Å². The van der Waals surface area contributed by atoms with Gasteiger partial charge in [-0.15, -0.1) is 0 Å². The highest BCUT2D eigenvalue weighted by atomic mass is 28.4. The molecule has 27 heavy (non-hydrogen) atoms. The summed E-state index contributed by atoms with van der Waals surface area (Å²) in [5.74, 6) is 0.591. The van der Waals surface area contributed by atoms with Crippen molar-refractivity contribution in [2.75, 3.05) is 6.61 Å². The molecule has 0 heterocycles. The standard InChI is InChI=1S/C24H34O2Si/c1-5-27(6-2,7-3)26-19-20(4)17-24(25)18-21-13-15-23(16-14-21)22-11-9-8-10-12-22/h8-16,20H,5-7,17-19H2,1-4H3/t20-/m1/s1. The molecule has 2 aromatic rings. The molecule has 0 N–H and O–H groups in total. The summed E-state index contributed by atoms with van der Waals surface area (Å²) in [6.07, 6.45) is 1.11. The fourth-order valence-corrected chi connectivity index (χ4v) is 6.32. The van der Waals surface area contributed by atoms with Gasteiger partial charge in [0.15, 0.2) is 8.32 Å². The summed E-state index contributed by atoms with van der Waals surface area (Å²) in [4.78, 5) is 12.5. The van der Waals surface area contributed by atoms with Crippen molar-refractivity contribution in [2.24, 2.45) is 5.92 Å². The van der Waals surface area contributed by atoms with E-state index in [1.165, 1.54) is 11.1 Å². The molecule has 0 aliphatic carbocycles. The van der Waals surface area contributed by atoms with Crippen LogP contribution in [0.2, 0.25) is 18.1 Å². The van der Waals surface area contributed by atoms with Crippen LogP contribution in [0.1, 0.15) is 39.7 Å². The molecule has 1 atom stereocenters. The van der Waals surface area contributed by atoms with Crippen molar-refractivity contribution in [1.82, 2.24) is 0 Å². The molecule has 0 aliphatic rings. The predicted molar refractivity (Wildman–Crippen MR) is 118 cm³/mol. The van der Waals surface area contributed by atoms with E-state index in [-0.39, 0.29) is 5.92 Å². The summed E-state index contributed by atoms with van der Waals surface area (Å²) in [6.45, 7) is 9.59. The molecule has 0 aliphatic heterocycles. The molecule has 0 saturated heterocycles. The average Bonchev–Trinajstić information content (AvgIpc) is 2.70. The second kappa shape index (κ2) is 10.6. The lowest BCUT2D eigenvalue weighted by Gasteiger charge is -2.29. The Hall–Kier alpha value is -1.71. The summed E-state index contributed by atoms with van der Waals surface area (Å²) < 4.78 is 6.34. The highest BCUT2D eigenvalue weighted by Gasteiger charge is 2.29. The van der Waals surface area contributed by atoms with Crippen LogP contribution in [0.5, 0.6) is 0 Å². The van der Waals surface area contributed by atoms with Crippen LogP contribution in [0.25, 0.3) is 11.1 Å². The monoisotopic (exact) mass is 382 g/mol. The molecule has 146 valence electrons. The molecule has 2 nitrogen and oxygen atoms in total. The lowest BCUT2D eigenvalue weighted by molar-refractivity contribution is -0.119. The molecular formula is C24H34O2Si. The van der Waals surface area contributed by atoms with Crippen LogP contribution in [0.4, 0.5) is 0 Å². The summed E-state index contributed by atoms with van der Waals surface area (Å²) in [5.41, 5.74) is 3.48. The van der Waals surface area contributed by atoms with Gasteiger partial charge in [0, 0.05) is 19.4 Å². The fourth-order valence-electron chi connectivity index (χ4n) is 3.57. The number of hydrogen-bond acceptors (Lipinski definition) is 2. The number of benzene rings is 2. The van der Waals surface area contributed by atoms with Crippen molar-refractivity contribution in [3.05, 3.63) is 60.2 Å². The highest BCUT2D eigenvalue weighted by molar-refractivity contribution is 6.73. The van der Waals surface area contributed by atoms with Gasteiger partial charge in [-0.3, -0.25) is 4.79 Å². The Morgan fingerprint density at radius 3 is 2.00 bits per heavy atom. The number of ketones is 1. The molecule has 0 unspecified atom stereocenters. The molecule has 0 radical (unpaired) electrons. The Labute approximate surface area is 166 Å². The van der Waals surface area contributed by atoms with Gasteiger partial charge < -0.3 is 4.43 Å². The molecule has 0 saturated carbocycles. The quantitative estimate of drug-likeness (QED) is 0.414. The average molecular weight is 383 g/mol. The third-order valence-electron chi connectivity index (χ3n) is 5.65. The number of carbonyl (C=O) groups excluding carboxylic acids is 1. The molecule has 0 spiro atoms. The minimum Gasteiger partial charge on any atom is -0.417 e. The van der Waals surface area contributed by atoms with E-state index >= 15 is 0 Å². The van der Waals surface area contributed by atoms with Crippen LogP contribution in [0.3, 0.4) is 0 Å². The Kier molecular flexibility index (Phi) is 8.46. The maximum atomic E-state index is 12.5. The van der Waals surface area contributed by atoms with E-state index in [1.54, 1.807) is 0 Å². The van der Waals surface area contributed by atoms with Crippen LogP contribution in [0.15, 0.2) is 54.6 Å². The number of Topliss-reactive ketones (excluding diaryl/α,β-unsaturated/α-hetero) is 1. The van der Waals surface area contributed by atoms with E-state index in [1.807, 2.05) is 18.2 Å². The van der Waals surface area contributed by atoms with Crippen molar-refractivity contribution in [2.45, 2.75) is 58.7 Å². The maximum absolute atomic E-state index is 12.5. The van der Waals surface area contributed by atoms with E-state index in [2.05, 4.69) is 64.1 Å². The molecule has 0 bridgehead atoms. The maximum Gasteiger partial charge on any atom is 0.191 e. The molecular weight excluding hydrogens is 348 g/mol. The predicted octanol–water partition coefficient (Wildman–Crippen LogP) is 6.51. The van der Waals surface area contributed by atoms with E-state index in [0.717, 1.165) is 30.3 Å². The summed E-state index contributed by atoms with van der Waals surface area (Å²) in [5, 5.41) is 0. The van der Waals surface area contributed by atoms with Gasteiger partial charge in [0.25, 0.3) is 0 Å². The van der Waals surface area contributed by atoms with E-state index in [0.29, 0.717) is 18.6 Å². The Morgan fingerprint density at radius 2 is 1.44 bits per heavy atom. The van der Waals surface area contributed by atoms with Gasteiger partial charge in [0.1, 0.15) is 5.78 Å². The zero-order valence-corrected chi connectivity index (χ0v) is 18.3. The Morgan fingerprint density at radius 1 is 0.889 bits per heavy atom. The van der Waals surface area contributed by atoms with Crippen LogP contribution < -0.4 is 0 Å². The fraction of sp³-hybridized carbons (Fsp3) is 0.458.